The summed E-state index contributed by atoms with van der Waals surface area (Å²) in [4.78, 5) is 11.3. The SMILES string of the molecule is CCCCCC/C=C/[C@H]1C=CC[C@@H]1CCCCCCC(=O)OCC. The average Bonchev–Trinajstić information content (AvgIpc) is 3.01. The van der Waals surface area contributed by atoms with Gasteiger partial charge in [-0.15, -0.1) is 0 Å². The lowest BCUT2D eigenvalue weighted by Gasteiger charge is -2.16. The van der Waals surface area contributed by atoms with Crippen molar-refractivity contribution >= 4 is 5.97 Å². The van der Waals surface area contributed by atoms with Gasteiger partial charge >= 0.3 is 5.97 Å². The molecule has 0 N–H and O–H groups in total. The second-order valence-electron chi connectivity index (χ2n) is 7.04. The fourth-order valence-corrected chi connectivity index (χ4v) is 3.46. The molecule has 1 rings (SSSR count). The minimum atomic E-state index is -0.0402. The number of hydrogen-bond acceptors (Lipinski definition) is 2. The first-order chi connectivity index (χ1) is 11.8. The third-order valence-electron chi connectivity index (χ3n) is 4.94. The van der Waals surface area contributed by atoms with Gasteiger partial charge in [-0.2, -0.15) is 0 Å². The van der Waals surface area contributed by atoms with Gasteiger partial charge in [-0.05, 0) is 50.9 Å². The van der Waals surface area contributed by atoms with Crippen molar-refractivity contribution in [3.05, 3.63) is 24.3 Å². The molecule has 0 amide bonds. The van der Waals surface area contributed by atoms with Gasteiger partial charge in [-0.25, -0.2) is 0 Å². The van der Waals surface area contributed by atoms with Crippen LogP contribution in [0.3, 0.4) is 0 Å². The number of rotatable bonds is 14. The topological polar surface area (TPSA) is 26.3 Å². The molecule has 0 unspecified atom stereocenters. The summed E-state index contributed by atoms with van der Waals surface area (Å²) in [5.74, 6) is 1.43. The van der Waals surface area contributed by atoms with Crippen molar-refractivity contribution in [1.82, 2.24) is 0 Å². The fraction of sp³-hybridized carbons (Fsp3) is 0.773. The number of allylic oxidation sites excluding steroid dienone is 4. The minimum absolute atomic E-state index is 0.0402. The average molecular weight is 335 g/mol. The summed E-state index contributed by atoms with van der Waals surface area (Å²) >= 11 is 0. The Labute approximate surface area is 149 Å². The maximum atomic E-state index is 11.3. The molecule has 1 aliphatic rings. The summed E-state index contributed by atoms with van der Waals surface area (Å²) in [5, 5.41) is 0. The lowest BCUT2D eigenvalue weighted by molar-refractivity contribution is -0.143. The molecule has 2 heteroatoms. The highest BCUT2D eigenvalue weighted by atomic mass is 16.5. The van der Waals surface area contributed by atoms with Crippen molar-refractivity contribution in [2.75, 3.05) is 6.61 Å². The first kappa shape index (κ1) is 21.0. The molecule has 0 bridgehead atoms. The third kappa shape index (κ3) is 9.95. The number of carbonyl (C=O) groups excluding carboxylic acids is 1. The highest BCUT2D eigenvalue weighted by Crippen LogP contribution is 2.31. The summed E-state index contributed by atoms with van der Waals surface area (Å²) in [5.41, 5.74) is 0. The molecule has 1 aliphatic carbocycles. The Morgan fingerprint density at radius 1 is 1.08 bits per heavy atom. The Morgan fingerprint density at radius 2 is 1.88 bits per heavy atom. The van der Waals surface area contributed by atoms with E-state index in [1.807, 2.05) is 6.92 Å². The number of esters is 1. The maximum absolute atomic E-state index is 11.3. The molecule has 0 heterocycles. The standard InChI is InChI=1S/C22H38O2/c1-3-5-6-7-8-11-15-20-17-14-18-21(20)16-12-9-10-13-19-22(23)24-4-2/h11,14-15,17,20-21H,3-10,12-13,16,18-19H2,1-2H3/b15-11+/t20-,21-/m0/s1. The monoisotopic (exact) mass is 334 g/mol. The van der Waals surface area contributed by atoms with Crippen LogP contribution in [0.15, 0.2) is 24.3 Å². The second kappa shape index (κ2) is 14.3. The Bertz CT molecular complexity index is 370. The van der Waals surface area contributed by atoms with Gasteiger partial charge in [0, 0.05) is 6.42 Å². The number of ether oxygens (including phenoxy) is 1. The molecule has 0 saturated heterocycles. The molecule has 2 atom stereocenters. The minimum Gasteiger partial charge on any atom is -0.466 e. The van der Waals surface area contributed by atoms with E-state index in [-0.39, 0.29) is 5.97 Å². The van der Waals surface area contributed by atoms with Gasteiger partial charge in [0.25, 0.3) is 0 Å². The van der Waals surface area contributed by atoms with Crippen LogP contribution in [0.1, 0.15) is 90.9 Å². The second-order valence-corrected chi connectivity index (χ2v) is 7.04. The molecule has 138 valence electrons. The van der Waals surface area contributed by atoms with E-state index in [2.05, 4.69) is 31.2 Å². The summed E-state index contributed by atoms with van der Waals surface area (Å²) < 4.78 is 4.96. The van der Waals surface area contributed by atoms with Gasteiger partial charge in [-0.3, -0.25) is 4.79 Å². The molecule has 0 aromatic rings. The first-order valence-corrected chi connectivity index (χ1v) is 10.3. The van der Waals surface area contributed by atoms with Crippen LogP contribution in [0.4, 0.5) is 0 Å². The molecule has 0 fully saturated rings. The third-order valence-corrected chi connectivity index (χ3v) is 4.94. The van der Waals surface area contributed by atoms with Crippen molar-refractivity contribution in [3.8, 4) is 0 Å². The number of hydrogen-bond donors (Lipinski definition) is 0. The maximum Gasteiger partial charge on any atom is 0.305 e. The zero-order valence-electron chi connectivity index (χ0n) is 16.0. The summed E-state index contributed by atoms with van der Waals surface area (Å²) in [6, 6.07) is 0. The van der Waals surface area contributed by atoms with E-state index in [4.69, 9.17) is 4.74 Å². The first-order valence-electron chi connectivity index (χ1n) is 10.3. The van der Waals surface area contributed by atoms with Crippen molar-refractivity contribution < 1.29 is 9.53 Å². The van der Waals surface area contributed by atoms with Crippen LogP contribution in [0.5, 0.6) is 0 Å². The highest BCUT2D eigenvalue weighted by Gasteiger charge is 2.19. The van der Waals surface area contributed by atoms with Crippen molar-refractivity contribution in [1.29, 1.82) is 0 Å². The zero-order valence-corrected chi connectivity index (χ0v) is 16.0. The highest BCUT2D eigenvalue weighted by molar-refractivity contribution is 5.69. The van der Waals surface area contributed by atoms with Gasteiger partial charge in [0.15, 0.2) is 0 Å². The molecular weight excluding hydrogens is 296 g/mol. The molecule has 0 aromatic carbocycles. The molecule has 0 radical (unpaired) electrons. The summed E-state index contributed by atoms with van der Waals surface area (Å²) in [6.45, 7) is 4.63. The van der Waals surface area contributed by atoms with Crippen LogP contribution < -0.4 is 0 Å². The van der Waals surface area contributed by atoms with Gasteiger partial charge < -0.3 is 4.74 Å². The molecule has 0 spiro atoms. The molecule has 0 aliphatic heterocycles. The summed E-state index contributed by atoms with van der Waals surface area (Å²) in [6.07, 6.45) is 24.0. The van der Waals surface area contributed by atoms with Crippen molar-refractivity contribution in [2.24, 2.45) is 11.8 Å². The van der Waals surface area contributed by atoms with E-state index in [9.17, 15) is 4.79 Å². The Kier molecular flexibility index (Phi) is 12.5. The van der Waals surface area contributed by atoms with Gasteiger partial charge in [0.1, 0.15) is 0 Å². The van der Waals surface area contributed by atoms with Gasteiger partial charge in [0.05, 0.1) is 6.61 Å². The van der Waals surface area contributed by atoms with E-state index < -0.39 is 0 Å². The lowest BCUT2D eigenvalue weighted by Crippen LogP contribution is -2.06. The smallest absolute Gasteiger partial charge is 0.305 e. The van der Waals surface area contributed by atoms with E-state index in [0.717, 1.165) is 18.8 Å². The van der Waals surface area contributed by atoms with Crippen LogP contribution in [0, 0.1) is 11.8 Å². The normalized spacial score (nSPS) is 20.1. The van der Waals surface area contributed by atoms with Crippen LogP contribution in [0.25, 0.3) is 0 Å². The van der Waals surface area contributed by atoms with E-state index in [0.29, 0.717) is 18.9 Å². The largest absolute Gasteiger partial charge is 0.466 e. The summed E-state index contributed by atoms with van der Waals surface area (Å²) in [7, 11) is 0. The lowest BCUT2D eigenvalue weighted by atomic mass is 9.89. The van der Waals surface area contributed by atoms with Crippen molar-refractivity contribution in [2.45, 2.75) is 90.9 Å². The van der Waals surface area contributed by atoms with E-state index in [1.54, 1.807) is 0 Å². The van der Waals surface area contributed by atoms with Crippen LogP contribution >= 0.6 is 0 Å². The molecule has 0 aromatic heterocycles. The Hall–Kier alpha value is -1.05. The van der Waals surface area contributed by atoms with Crippen LogP contribution in [-0.4, -0.2) is 12.6 Å². The molecule has 2 nitrogen and oxygen atoms in total. The van der Waals surface area contributed by atoms with Crippen molar-refractivity contribution in [3.63, 3.8) is 0 Å². The number of unbranched alkanes of at least 4 members (excludes halogenated alkanes) is 7. The van der Waals surface area contributed by atoms with Gasteiger partial charge in [-0.1, -0.05) is 69.8 Å². The van der Waals surface area contributed by atoms with Crippen LogP contribution in [0.2, 0.25) is 0 Å². The number of carbonyl (C=O) groups is 1. The predicted octanol–water partition coefficient (Wildman–Crippen LogP) is 6.61. The van der Waals surface area contributed by atoms with E-state index in [1.165, 1.54) is 57.8 Å². The molecule has 0 saturated carbocycles. The van der Waals surface area contributed by atoms with E-state index >= 15 is 0 Å². The van der Waals surface area contributed by atoms with Gasteiger partial charge in [0.2, 0.25) is 0 Å². The Morgan fingerprint density at radius 3 is 2.67 bits per heavy atom. The molecule has 24 heavy (non-hydrogen) atoms. The predicted molar refractivity (Wildman–Crippen MR) is 103 cm³/mol. The quantitative estimate of drug-likeness (QED) is 0.203. The Balaban J connectivity index is 2.05. The van der Waals surface area contributed by atoms with Crippen LogP contribution in [-0.2, 0) is 9.53 Å². The molecular formula is C22H38O2. The fourth-order valence-electron chi connectivity index (χ4n) is 3.46. The zero-order chi connectivity index (χ0) is 17.5.